The Balaban J connectivity index is 1.45. The maximum absolute atomic E-state index is 14.3. The molecule has 0 fully saturated rings. The van der Waals surface area contributed by atoms with Crippen LogP contribution in [0.1, 0.15) is 37.4 Å². The molecule has 0 saturated heterocycles. The summed E-state index contributed by atoms with van der Waals surface area (Å²) in [6, 6.07) is 22.1. The van der Waals surface area contributed by atoms with Gasteiger partial charge in [-0.05, 0) is 66.6 Å². The van der Waals surface area contributed by atoms with Gasteiger partial charge in [0.05, 0.1) is 33.7 Å². The SMILES string of the molecule is COc1cccc(Nc2c(C(N)=O)cnc3c(C)cc(S(=O)(=O)c4cccc5c4CN(Cc4cccc(N)c4)C5=O)cc23)c1. The van der Waals surface area contributed by atoms with Gasteiger partial charge in [-0.3, -0.25) is 14.6 Å². The number of sulfone groups is 1. The Morgan fingerprint density at radius 1 is 1.05 bits per heavy atom. The number of methoxy groups -OCH3 is 1. The van der Waals surface area contributed by atoms with Crippen molar-refractivity contribution in [2.75, 3.05) is 18.2 Å². The molecule has 0 spiro atoms. The van der Waals surface area contributed by atoms with Crippen LogP contribution in [-0.4, -0.2) is 37.2 Å². The maximum atomic E-state index is 14.3. The van der Waals surface area contributed by atoms with Crippen molar-refractivity contribution < 1.29 is 22.7 Å². The fourth-order valence-electron chi connectivity index (χ4n) is 5.55. The lowest BCUT2D eigenvalue weighted by molar-refractivity contribution is 0.0766. The predicted octanol–water partition coefficient (Wildman–Crippen LogP) is 4.97. The molecule has 0 saturated carbocycles. The van der Waals surface area contributed by atoms with Crippen molar-refractivity contribution in [2.45, 2.75) is 29.8 Å². The number of amides is 2. The number of ether oxygens (including phenoxy) is 1. The number of pyridine rings is 1. The topological polar surface area (TPSA) is 158 Å². The minimum Gasteiger partial charge on any atom is -0.497 e. The van der Waals surface area contributed by atoms with Crippen molar-refractivity contribution in [3.8, 4) is 5.75 Å². The second-order valence-corrected chi connectivity index (χ2v) is 12.5. The quantitative estimate of drug-likeness (QED) is 0.209. The van der Waals surface area contributed by atoms with Crippen LogP contribution >= 0.6 is 0 Å². The summed E-state index contributed by atoms with van der Waals surface area (Å²) in [6.45, 7) is 2.16. The zero-order chi connectivity index (χ0) is 31.2. The summed E-state index contributed by atoms with van der Waals surface area (Å²) in [4.78, 5) is 31.9. The van der Waals surface area contributed by atoms with Gasteiger partial charge < -0.3 is 26.4 Å². The third-order valence-electron chi connectivity index (χ3n) is 7.66. The minimum atomic E-state index is -4.13. The number of carbonyl (C=O) groups is 2. The molecule has 1 aliphatic rings. The first-order valence-corrected chi connectivity index (χ1v) is 15.2. The van der Waals surface area contributed by atoms with Crippen LogP contribution < -0.4 is 21.5 Å². The average Bonchev–Trinajstić information content (AvgIpc) is 3.31. The van der Waals surface area contributed by atoms with E-state index in [-0.39, 0.29) is 34.4 Å². The van der Waals surface area contributed by atoms with Gasteiger partial charge in [0.2, 0.25) is 9.84 Å². The second-order valence-electron chi connectivity index (χ2n) is 10.6. The van der Waals surface area contributed by atoms with Crippen LogP contribution in [0, 0.1) is 6.92 Å². The number of nitrogens with zero attached hydrogens (tertiary/aromatic N) is 2. The van der Waals surface area contributed by atoms with Crippen LogP contribution in [0.25, 0.3) is 10.9 Å². The lowest BCUT2D eigenvalue weighted by Crippen LogP contribution is -2.23. The molecule has 5 N–H and O–H groups in total. The summed E-state index contributed by atoms with van der Waals surface area (Å²) in [5, 5.41) is 3.62. The number of fused-ring (bicyclic) bond motifs is 2. The third-order valence-corrected chi connectivity index (χ3v) is 9.48. The van der Waals surface area contributed by atoms with Crippen LogP contribution in [0.4, 0.5) is 17.1 Å². The van der Waals surface area contributed by atoms with Gasteiger partial charge in [-0.15, -0.1) is 0 Å². The molecule has 222 valence electrons. The van der Waals surface area contributed by atoms with Crippen LogP contribution in [-0.2, 0) is 22.9 Å². The molecule has 11 heteroatoms. The molecule has 1 aromatic heterocycles. The minimum absolute atomic E-state index is 0.00487. The first-order chi connectivity index (χ1) is 21.1. The number of nitrogens with one attached hydrogen (secondary N) is 1. The molecule has 0 bridgehead atoms. The van der Waals surface area contributed by atoms with Crippen LogP contribution in [0.15, 0.2) is 94.9 Å². The first-order valence-electron chi connectivity index (χ1n) is 13.7. The van der Waals surface area contributed by atoms with Gasteiger partial charge in [-0.1, -0.05) is 24.3 Å². The van der Waals surface area contributed by atoms with E-state index in [2.05, 4.69) is 10.3 Å². The van der Waals surface area contributed by atoms with Gasteiger partial charge in [0.1, 0.15) is 5.75 Å². The highest BCUT2D eigenvalue weighted by Crippen LogP contribution is 2.37. The van der Waals surface area contributed by atoms with Crippen molar-refractivity contribution in [1.82, 2.24) is 9.88 Å². The average molecular weight is 608 g/mol. The number of hydrogen-bond donors (Lipinski definition) is 3. The molecule has 0 unspecified atom stereocenters. The van der Waals surface area contributed by atoms with E-state index in [0.29, 0.717) is 50.4 Å². The molecule has 10 nitrogen and oxygen atoms in total. The van der Waals surface area contributed by atoms with Crippen LogP contribution in [0.5, 0.6) is 5.75 Å². The first kappa shape index (κ1) is 28.7. The van der Waals surface area contributed by atoms with E-state index in [0.717, 1.165) is 5.56 Å². The number of aryl methyl sites for hydroxylation is 1. The van der Waals surface area contributed by atoms with Gasteiger partial charge in [0.15, 0.2) is 0 Å². The fourth-order valence-corrected chi connectivity index (χ4v) is 7.16. The summed E-state index contributed by atoms with van der Waals surface area (Å²) in [5.41, 5.74) is 15.9. The van der Waals surface area contributed by atoms with Gasteiger partial charge >= 0.3 is 0 Å². The van der Waals surface area contributed by atoms with Crippen molar-refractivity contribution in [1.29, 1.82) is 0 Å². The van der Waals surface area contributed by atoms with Crippen LogP contribution in [0.2, 0.25) is 0 Å². The summed E-state index contributed by atoms with van der Waals surface area (Å²) >= 11 is 0. The molecule has 0 radical (unpaired) electrons. The monoisotopic (exact) mass is 607 g/mol. The van der Waals surface area contributed by atoms with Gasteiger partial charge in [0, 0.05) is 53.2 Å². The number of nitrogen functional groups attached to an aromatic ring is 1. The zero-order valence-electron chi connectivity index (χ0n) is 24.0. The largest absolute Gasteiger partial charge is 0.497 e. The van der Waals surface area contributed by atoms with E-state index in [1.54, 1.807) is 73.5 Å². The molecule has 4 aromatic carbocycles. The number of aromatic nitrogens is 1. The highest BCUT2D eigenvalue weighted by atomic mass is 32.2. The highest BCUT2D eigenvalue weighted by Gasteiger charge is 2.34. The highest BCUT2D eigenvalue weighted by molar-refractivity contribution is 7.91. The van der Waals surface area contributed by atoms with Crippen LogP contribution in [0.3, 0.4) is 0 Å². The van der Waals surface area contributed by atoms with E-state index >= 15 is 0 Å². The molecule has 6 rings (SSSR count). The zero-order valence-corrected chi connectivity index (χ0v) is 24.8. The van der Waals surface area contributed by atoms with Crippen molar-refractivity contribution in [2.24, 2.45) is 5.73 Å². The van der Waals surface area contributed by atoms with Gasteiger partial charge in [-0.2, -0.15) is 0 Å². The molecular formula is C33H29N5O5S. The van der Waals surface area contributed by atoms with E-state index < -0.39 is 15.7 Å². The number of nitrogens with two attached hydrogens (primary N) is 2. The Kier molecular flexibility index (Phi) is 7.18. The molecule has 1 aliphatic heterocycles. The Morgan fingerprint density at radius 3 is 2.57 bits per heavy atom. The Morgan fingerprint density at radius 2 is 1.82 bits per heavy atom. The van der Waals surface area contributed by atoms with E-state index in [1.165, 1.54) is 18.3 Å². The van der Waals surface area contributed by atoms with E-state index in [4.69, 9.17) is 16.2 Å². The van der Waals surface area contributed by atoms with Gasteiger partial charge in [-0.25, -0.2) is 8.42 Å². The van der Waals surface area contributed by atoms with Gasteiger partial charge in [0.25, 0.3) is 11.8 Å². The molecule has 0 atom stereocenters. The summed E-state index contributed by atoms with van der Waals surface area (Å²) in [7, 11) is -2.59. The molecular weight excluding hydrogens is 578 g/mol. The predicted molar refractivity (Wildman–Crippen MR) is 168 cm³/mol. The lowest BCUT2D eigenvalue weighted by atomic mass is 10.1. The number of anilines is 3. The third kappa shape index (κ3) is 5.07. The number of hydrogen-bond acceptors (Lipinski definition) is 8. The standard InChI is InChI=1S/C33H29N5O5S/c1-19-12-24(15-26-30(19)36-16-27(32(35)39)31(26)37-22-8-4-9-23(14-22)43-2)44(41,42)29-11-5-10-25-28(29)18-38(33(25)40)17-20-6-3-7-21(34)13-20/h3-16H,17-18,34H2,1-2H3,(H2,35,39)(H,36,37). The van der Waals surface area contributed by atoms with Crippen molar-refractivity contribution in [3.05, 3.63) is 113 Å². The number of carbonyl (C=O) groups excluding carboxylic acids is 2. The molecule has 0 aliphatic carbocycles. The summed E-state index contributed by atoms with van der Waals surface area (Å²) in [5.74, 6) is -0.393. The lowest BCUT2D eigenvalue weighted by Gasteiger charge is -2.17. The number of rotatable bonds is 8. The Bertz CT molecular complexity index is 2090. The normalized spacial score (nSPS) is 12.8. The van der Waals surface area contributed by atoms with Crippen molar-refractivity contribution in [3.63, 3.8) is 0 Å². The molecule has 2 heterocycles. The smallest absolute Gasteiger partial charge is 0.254 e. The van der Waals surface area contributed by atoms with E-state index in [9.17, 15) is 18.0 Å². The van der Waals surface area contributed by atoms with Crippen molar-refractivity contribution >= 4 is 49.6 Å². The molecule has 5 aromatic rings. The number of benzene rings is 4. The number of primary amides is 1. The molecule has 2 amide bonds. The second kappa shape index (κ2) is 11.0. The maximum Gasteiger partial charge on any atom is 0.254 e. The fraction of sp³-hybridized carbons (Fsp3) is 0.121. The summed E-state index contributed by atoms with van der Waals surface area (Å²) in [6.07, 6.45) is 1.37. The molecule has 44 heavy (non-hydrogen) atoms. The summed E-state index contributed by atoms with van der Waals surface area (Å²) < 4.78 is 33.9. The van der Waals surface area contributed by atoms with E-state index in [1.807, 2.05) is 12.1 Å². The Hall–Kier alpha value is -5.42. The Labute approximate surface area is 254 Å².